The highest BCUT2D eigenvalue weighted by Gasteiger charge is 2.20. The molecular weight excluding hydrogens is 338 g/mol. The fraction of sp³-hybridized carbons (Fsp3) is 0.357. The Hall–Kier alpha value is -1.93. The van der Waals surface area contributed by atoms with E-state index >= 15 is 0 Å². The first-order valence-electron chi connectivity index (χ1n) is 6.96. The van der Waals surface area contributed by atoms with E-state index in [-0.39, 0.29) is 5.91 Å². The minimum Gasteiger partial charge on any atom is -0.495 e. The number of rotatable bonds is 6. The van der Waals surface area contributed by atoms with Gasteiger partial charge < -0.3 is 15.9 Å². The third-order valence-corrected chi connectivity index (χ3v) is 4.41. The summed E-state index contributed by atoms with van der Waals surface area (Å²) in [6.45, 7) is 3.70. The zero-order chi connectivity index (χ0) is 17.0. The van der Waals surface area contributed by atoms with Crippen LogP contribution in [0, 0.1) is 0 Å². The van der Waals surface area contributed by atoms with Crippen LogP contribution in [0.3, 0.4) is 0 Å². The second-order valence-electron chi connectivity index (χ2n) is 4.72. The van der Waals surface area contributed by atoms with Crippen LogP contribution in [0.25, 0.3) is 0 Å². The molecule has 0 saturated heterocycles. The van der Waals surface area contributed by atoms with E-state index < -0.39 is 5.25 Å². The highest BCUT2D eigenvalue weighted by Crippen LogP contribution is 2.29. The number of nitrogen functional groups attached to an aromatic ring is 1. The molecule has 7 nitrogen and oxygen atoms in total. The Bertz CT molecular complexity index is 706. The van der Waals surface area contributed by atoms with E-state index in [4.69, 9.17) is 22.2 Å². The number of thioether (sulfide) groups is 1. The Morgan fingerprint density at radius 3 is 2.87 bits per heavy atom. The molecule has 9 heteroatoms. The van der Waals surface area contributed by atoms with Crippen molar-refractivity contribution in [2.24, 2.45) is 0 Å². The molecule has 1 atom stereocenters. The van der Waals surface area contributed by atoms with Crippen molar-refractivity contribution in [1.82, 2.24) is 14.9 Å². The Morgan fingerprint density at radius 2 is 2.26 bits per heavy atom. The normalized spacial score (nSPS) is 12.0. The number of hydrogen-bond donors (Lipinski definition) is 2. The number of methoxy groups -OCH3 is 1. The van der Waals surface area contributed by atoms with Gasteiger partial charge in [-0.05, 0) is 25.1 Å². The standard InChI is InChI=1S/C14H18ClN5O2S/c1-4-12-18-19-14(20(12)16)23-8(2)13(21)17-10-7-9(15)5-6-11(10)22-3/h5-8H,4,16H2,1-3H3,(H,17,21). The third kappa shape index (κ3) is 4.08. The molecule has 3 N–H and O–H groups in total. The van der Waals surface area contributed by atoms with Crippen molar-refractivity contribution in [2.75, 3.05) is 18.3 Å². The highest BCUT2D eigenvalue weighted by molar-refractivity contribution is 8.00. The predicted molar refractivity (Wildman–Crippen MR) is 91.5 cm³/mol. The van der Waals surface area contributed by atoms with Gasteiger partial charge in [0.1, 0.15) is 5.75 Å². The largest absolute Gasteiger partial charge is 0.495 e. The van der Waals surface area contributed by atoms with Gasteiger partial charge in [-0.15, -0.1) is 10.2 Å². The number of halogens is 1. The first-order valence-corrected chi connectivity index (χ1v) is 8.22. The van der Waals surface area contributed by atoms with E-state index in [1.807, 2.05) is 6.92 Å². The second-order valence-corrected chi connectivity index (χ2v) is 6.46. The number of aryl methyl sites for hydroxylation is 1. The number of carbonyl (C=O) groups excluding carboxylic acids is 1. The van der Waals surface area contributed by atoms with Crippen molar-refractivity contribution in [1.29, 1.82) is 0 Å². The molecule has 0 aliphatic heterocycles. The van der Waals surface area contributed by atoms with Gasteiger partial charge in [0.05, 0.1) is 18.0 Å². The summed E-state index contributed by atoms with van der Waals surface area (Å²) in [4.78, 5) is 12.4. The number of hydrogen-bond acceptors (Lipinski definition) is 6. The average Bonchev–Trinajstić information content (AvgIpc) is 2.87. The molecule has 0 spiro atoms. The third-order valence-electron chi connectivity index (χ3n) is 3.12. The van der Waals surface area contributed by atoms with Crippen LogP contribution in [0.15, 0.2) is 23.4 Å². The second kappa shape index (κ2) is 7.56. The van der Waals surface area contributed by atoms with E-state index in [2.05, 4.69) is 15.5 Å². The molecule has 2 rings (SSSR count). The maximum absolute atomic E-state index is 12.4. The van der Waals surface area contributed by atoms with Crippen LogP contribution < -0.4 is 15.9 Å². The summed E-state index contributed by atoms with van der Waals surface area (Å²) in [7, 11) is 1.53. The van der Waals surface area contributed by atoms with Crippen molar-refractivity contribution >= 4 is 35.0 Å². The number of ether oxygens (including phenoxy) is 1. The van der Waals surface area contributed by atoms with Crippen molar-refractivity contribution in [3.05, 3.63) is 29.0 Å². The average molecular weight is 356 g/mol. The maximum Gasteiger partial charge on any atom is 0.237 e. The van der Waals surface area contributed by atoms with Gasteiger partial charge in [-0.3, -0.25) is 4.79 Å². The van der Waals surface area contributed by atoms with E-state index in [0.717, 1.165) is 0 Å². The first-order chi connectivity index (χ1) is 11.0. The van der Waals surface area contributed by atoms with Crippen molar-refractivity contribution < 1.29 is 9.53 Å². The molecule has 1 aromatic heterocycles. The van der Waals surface area contributed by atoms with Gasteiger partial charge in [-0.2, -0.15) is 0 Å². The van der Waals surface area contributed by atoms with Gasteiger partial charge in [0.25, 0.3) is 0 Å². The smallest absolute Gasteiger partial charge is 0.237 e. The van der Waals surface area contributed by atoms with Crippen LogP contribution in [-0.2, 0) is 11.2 Å². The molecule has 0 aliphatic carbocycles. The van der Waals surface area contributed by atoms with Gasteiger partial charge in [-0.1, -0.05) is 30.3 Å². The number of nitrogens with two attached hydrogens (primary N) is 1. The highest BCUT2D eigenvalue weighted by atomic mass is 35.5. The summed E-state index contributed by atoms with van der Waals surface area (Å²) in [6.07, 6.45) is 0.671. The van der Waals surface area contributed by atoms with Gasteiger partial charge in [0, 0.05) is 11.4 Å². The fourth-order valence-corrected chi connectivity index (χ4v) is 2.81. The van der Waals surface area contributed by atoms with E-state index in [9.17, 15) is 4.79 Å². The summed E-state index contributed by atoms with van der Waals surface area (Å²) in [6, 6.07) is 5.02. The molecule has 0 fully saturated rings. The quantitative estimate of drug-likeness (QED) is 0.610. The van der Waals surface area contributed by atoms with Gasteiger partial charge in [-0.25, -0.2) is 4.68 Å². The molecule has 0 bridgehead atoms. The zero-order valence-electron chi connectivity index (χ0n) is 13.0. The van der Waals surface area contributed by atoms with Crippen molar-refractivity contribution in [2.45, 2.75) is 30.7 Å². The SMILES string of the molecule is CCc1nnc(SC(C)C(=O)Nc2cc(Cl)ccc2OC)n1N. The number of carbonyl (C=O) groups is 1. The minimum atomic E-state index is -0.421. The molecule has 124 valence electrons. The van der Waals surface area contributed by atoms with Gasteiger partial charge in [0.15, 0.2) is 5.82 Å². The maximum atomic E-state index is 12.4. The molecule has 1 aromatic carbocycles. The van der Waals surface area contributed by atoms with Crippen LogP contribution in [0.4, 0.5) is 5.69 Å². The van der Waals surface area contributed by atoms with Crippen LogP contribution >= 0.6 is 23.4 Å². The summed E-state index contributed by atoms with van der Waals surface area (Å²) < 4.78 is 6.61. The van der Waals surface area contributed by atoms with Crippen LogP contribution in [-0.4, -0.2) is 33.1 Å². The number of benzene rings is 1. The fourth-order valence-electron chi connectivity index (χ4n) is 1.85. The number of nitrogens with zero attached hydrogens (tertiary/aromatic N) is 3. The Morgan fingerprint density at radius 1 is 1.52 bits per heavy atom. The summed E-state index contributed by atoms with van der Waals surface area (Å²) in [5.41, 5.74) is 0.515. The molecular formula is C14H18ClN5O2S. The molecule has 1 unspecified atom stereocenters. The Kier molecular flexibility index (Phi) is 5.73. The number of nitrogens with one attached hydrogen (secondary N) is 1. The van der Waals surface area contributed by atoms with Gasteiger partial charge in [0.2, 0.25) is 11.1 Å². The topological polar surface area (TPSA) is 95.1 Å². The van der Waals surface area contributed by atoms with Crippen molar-refractivity contribution in [3.63, 3.8) is 0 Å². The number of aromatic nitrogens is 3. The van der Waals surface area contributed by atoms with E-state index in [0.29, 0.717) is 33.9 Å². The minimum absolute atomic E-state index is 0.211. The summed E-state index contributed by atoms with van der Waals surface area (Å²) >= 11 is 7.19. The van der Waals surface area contributed by atoms with Crippen LogP contribution in [0.5, 0.6) is 5.75 Å². The Labute approximate surface area is 143 Å². The van der Waals surface area contributed by atoms with Crippen LogP contribution in [0.2, 0.25) is 5.02 Å². The number of anilines is 1. The summed E-state index contributed by atoms with van der Waals surface area (Å²) in [5, 5.41) is 11.3. The molecule has 0 aliphatic rings. The predicted octanol–water partition coefficient (Wildman–Crippen LogP) is 2.34. The van der Waals surface area contributed by atoms with E-state index in [1.165, 1.54) is 23.5 Å². The molecule has 1 heterocycles. The monoisotopic (exact) mass is 355 g/mol. The van der Waals surface area contributed by atoms with Crippen molar-refractivity contribution in [3.8, 4) is 5.75 Å². The molecule has 0 saturated carbocycles. The number of amides is 1. The molecule has 2 aromatic rings. The lowest BCUT2D eigenvalue weighted by Crippen LogP contribution is -2.24. The summed E-state index contributed by atoms with van der Waals surface area (Å²) in [5.74, 6) is 6.87. The lowest BCUT2D eigenvalue weighted by Gasteiger charge is -2.14. The first kappa shape index (κ1) is 17.4. The van der Waals surface area contributed by atoms with E-state index in [1.54, 1.807) is 25.1 Å². The lowest BCUT2D eigenvalue weighted by molar-refractivity contribution is -0.115. The zero-order valence-corrected chi connectivity index (χ0v) is 14.6. The molecule has 1 amide bonds. The van der Waals surface area contributed by atoms with Gasteiger partial charge >= 0.3 is 0 Å². The molecule has 23 heavy (non-hydrogen) atoms. The lowest BCUT2D eigenvalue weighted by atomic mass is 10.3. The Balaban J connectivity index is 2.08. The van der Waals surface area contributed by atoms with Crippen LogP contribution in [0.1, 0.15) is 19.7 Å². The molecule has 0 radical (unpaired) electrons.